The lowest BCUT2D eigenvalue weighted by Crippen LogP contribution is -2.31. The first kappa shape index (κ1) is 15.6. The van der Waals surface area contributed by atoms with Crippen molar-refractivity contribution in [2.45, 2.75) is 12.8 Å². The van der Waals surface area contributed by atoms with Gasteiger partial charge in [0.2, 0.25) is 0 Å². The maximum absolute atomic E-state index is 12.1. The van der Waals surface area contributed by atoms with Crippen molar-refractivity contribution in [3.8, 4) is 0 Å². The quantitative estimate of drug-likeness (QED) is 0.814. The smallest absolute Gasteiger partial charge is 0.328 e. The summed E-state index contributed by atoms with van der Waals surface area (Å²) >= 11 is 1.96. The zero-order chi connectivity index (χ0) is 15.1. The molecular formula is C15H18N2O3S. The zero-order valence-electron chi connectivity index (χ0n) is 11.6. The van der Waals surface area contributed by atoms with Crippen molar-refractivity contribution in [2.75, 3.05) is 18.1 Å². The van der Waals surface area contributed by atoms with Crippen LogP contribution in [-0.2, 0) is 4.79 Å². The second kappa shape index (κ2) is 7.83. The molecule has 6 heteroatoms. The maximum Gasteiger partial charge on any atom is 0.328 e. The van der Waals surface area contributed by atoms with E-state index in [9.17, 15) is 9.59 Å². The van der Waals surface area contributed by atoms with E-state index in [1.165, 1.54) is 18.5 Å². The summed E-state index contributed by atoms with van der Waals surface area (Å²) in [7, 11) is 0. The van der Waals surface area contributed by atoms with Crippen molar-refractivity contribution in [1.29, 1.82) is 0 Å². The third kappa shape index (κ3) is 5.23. The molecule has 1 aliphatic heterocycles. The number of carbonyl (C=O) groups excluding carboxylic acids is 1. The second-order valence-electron chi connectivity index (χ2n) is 4.94. The van der Waals surface area contributed by atoms with Crippen LogP contribution >= 0.6 is 11.8 Å². The number of carboxylic acid groups (broad SMARTS) is 1. The lowest BCUT2D eigenvalue weighted by molar-refractivity contribution is -0.131. The molecule has 0 spiro atoms. The van der Waals surface area contributed by atoms with Gasteiger partial charge in [0.15, 0.2) is 0 Å². The molecule has 1 fully saturated rings. The van der Waals surface area contributed by atoms with Crippen LogP contribution < -0.4 is 5.32 Å². The summed E-state index contributed by atoms with van der Waals surface area (Å²) in [5, 5.41) is 11.5. The van der Waals surface area contributed by atoms with Gasteiger partial charge in [0.1, 0.15) is 0 Å². The molecule has 0 radical (unpaired) electrons. The fourth-order valence-electron chi connectivity index (χ4n) is 2.13. The van der Waals surface area contributed by atoms with Gasteiger partial charge in [0.05, 0.1) is 5.56 Å². The molecule has 0 unspecified atom stereocenters. The molecule has 1 saturated heterocycles. The van der Waals surface area contributed by atoms with E-state index in [1.807, 2.05) is 11.8 Å². The third-order valence-corrected chi connectivity index (χ3v) is 4.38. The van der Waals surface area contributed by atoms with E-state index in [0.29, 0.717) is 23.6 Å². The first-order valence-corrected chi connectivity index (χ1v) is 8.02. The van der Waals surface area contributed by atoms with Gasteiger partial charge >= 0.3 is 5.97 Å². The summed E-state index contributed by atoms with van der Waals surface area (Å²) in [6, 6.07) is 1.64. The largest absolute Gasteiger partial charge is 0.478 e. The molecule has 2 N–H and O–H groups in total. The molecule has 0 saturated carbocycles. The van der Waals surface area contributed by atoms with Crippen LogP contribution in [0, 0.1) is 5.92 Å². The minimum atomic E-state index is -1.03. The van der Waals surface area contributed by atoms with E-state index in [0.717, 1.165) is 30.4 Å². The lowest BCUT2D eigenvalue weighted by atomic mass is 10.0. The van der Waals surface area contributed by atoms with Crippen molar-refractivity contribution >= 4 is 29.7 Å². The van der Waals surface area contributed by atoms with Gasteiger partial charge in [-0.3, -0.25) is 9.78 Å². The highest BCUT2D eigenvalue weighted by atomic mass is 32.2. The van der Waals surface area contributed by atoms with Crippen LogP contribution in [0.25, 0.3) is 6.08 Å². The van der Waals surface area contributed by atoms with Crippen molar-refractivity contribution in [1.82, 2.24) is 10.3 Å². The summed E-state index contributed by atoms with van der Waals surface area (Å²) < 4.78 is 0. The molecule has 0 atom stereocenters. The summed E-state index contributed by atoms with van der Waals surface area (Å²) in [4.78, 5) is 26.5. The van der Waals surface area contributed by atoms with E-state index >= 15 is 0 Å². The number of aromatic nitrogens is 1. The standard InChI is InChI=1S/C15H18N2O3S/c18-14(19)2-1-12-7-13(10-16-8-12)15(20)17-9-11-3-5-21-6-4-11/h1-2,7-8,10-11H,3-6,9H2,(H,17,20)(H,18,19)/b2-1+. The lowest BCUT2D eigenvalue weighted by Gasteiger charge is -2.21. The van der Waals surface area contributed by atoms with E-state index in [1.54, 1.807) is 6.07 Å². The average molecular weight is 306 g/mol. The van der Waals surface area contributed by atoms with E-state index in [2.05, 4.69) is 10.3 Å². The first-order chi connectivity index (χ1) is 10.1. The number of rotatable bonds is 5. The number of carbonyl (C=O) groups is 2. The molecule has 21 heavy (non-hydrogen) atoms. The SMILES string of the molecule is O=C(O)/C=C/c1cncc(C(=O)NCC2CCSCC2)c1. The van der Waals surface area contributed by atoms with Gasteiger partial charge in [-0.1, -0.05) is 0 Å². The Balaban J connectivity index is 1.92. The number of hydrogen-bond donors (Lipinski definition) is 2. The van der Waals surface area contributed by atoms with Crippen LogP contribution in [0.3, 0.4) is 0 Å². The van der Waals surface area contributed by atoms with E-state index in [4.69, 9.17) is 5.11 Å². The Morgan fingerprint density at radius 2 is 2.14 bits per heavy atom. The highest BCUT2D eigenvalue weighted by Crippen LogP contribution is 2.21. The first-order valence-electron chi connectivity index (χ1n) is 6.87. The van der Waals surface area contributed by atoms with E-state index < -0.39 is 5.97 Å². The van der Waals surface area contributed by atoms with Gasteiger partial charge in [0.25, 0.3) is 5.91 Å². The number of thioether (sulfide) groups is 1. The molecule has 1 aliphatic rings. The Kier molecular flexibility index (Phi) is 5.80. The molecular weight excluding hydrogens is 288 g/mol. The number of amides is 1. The molecule has 0 aromatic carbocycles. The number of pyridine rings is 1. The third-order valence-electron chi connectivity index (χ3n) is 3.33. The van der Waals surface area contributed by atoms with Crippen LogP contribution in [0.1, 0.15) is 28.8 Å². The van der Waals surface area contributed by atoms with Gasteiger partial charge in [-0.15, -0.1) is 0 Å². The molecule has 112 valence electrons. The fourth-order valence-corrected chi connectivity index (χ4v) is 3.33. The number of nitrogens with zero attached hydrogens (tertiary/aromatic N) is 1. The van der Waals surface area contributed by atoms with E-state index in [-0.39, 0.29) is 5.91 Å². The Morgan fingerprint density at radius 3 is 2.86 bits per heavy atom. The monoisotopic (exact) mass is 306 g/mol. The molecule has 1 amide bonds. The number of carboxylic acids is 1. The Morgan fingerprint density at radius 1 is 1.38 bits per heavy atom. The predicted molar refractivity (Wildman–Crippen MR) is 83.3 cm³/mol. The Hall–Kier alpha value is -1.82. The molecule has 1 aromatic rings. The van der Waals surface area contributed by atoms with Crippen LogP contribution in [-0.4, -0.2) is 40.0 Å². The number of aliphatic carboxylic acids is 1. The van der Waals surface area contributed by atoms with Crippen LogP contribution in [0.2, 0.25) is 0 Å². The van der Waals surface area contributed by atoms with Crippen molar-refractivity contribution in [2.24, 2.45) is 5.92 Å². The fraction of sp³-hybridized carbons (Fsp3) is 0.400. The predicted octanol–water partition coefficient (Wildman–Crippen LogP) is 2.05. The van der Waals surface area contributed by atoms with Gasteiger partial charge in [-0.2, -0.15) is 11.8 Å². The maximum atomic E-state index is 12.1. The zero-order valence-corrected chi connectivity index (χ0v) is 12.4. The molecule has 0 aliphatic carbocycles. The molecule has 2 heterocycles. The summed E-state index contributed by atoms with van der Waals surface area (Å²) in [5.74, 6) is 1.69. The number of hydrogen-bond acceptors (Lipinski definition) is 4. The number of nitrogens with one attached hydrogen (secondary N) is 1. The minimum absolute atomic E-state index is 0.161. The average Bonchev–Trinajstić information content (AvgIpc) is 2.52. The van der Waals surface area contributed by atoms with Crippen LogP contribution in [0.5, 0.6) is 0 Å². The van der Waals surface area contributed by atoms with Crippen molar-refractivity contribution < 1.29 is 14.7 Å². The van der Waals surface area contributed by atoms with Crippen molar-refractivity contribution in [3.05, 3.63) is 35.7 Å². The minimum Gasteiger partial charge on any atom is -0.478 e. The van der Waals surface area contributed by atoms with Crippen molar-refractivity contribution in [3.63, 3.8) is 0 Å². The van der Waals surface area contributed by atoms with Gasteiger partial charge in [-0.25, -0.2) is 4.79 Å². The van der Waals surface area contributed by atoms with Gasteiger partial charge < -0.3 is 10.4 Å². The molecule has 0 bridgehead atoms. The second-order valence-corrected chi connectivity index (χ2v) is 6.17. The molecule has 2 rings (SSSR count). The highest BCUT2D eigenvalue weighted by Gasteiger charge is 2.15. The molecule has 5 nitrogen and oxygen atoms in total. The summed E-state index contributed by atoms with van der Waals surface area (Å²) in [6.07, 6.45) is 7.75. The van der Waals surface area contributed by atoms with Crippen LogP contribution in [0.4, 0.5) is 0 Å². The summed E-state index contributed by atoms with van der Waals surface area (Å²) in [5.41, 5.74) is 1.05. The van der Waals surface area contributed by atoms with Gasteiger partial charge in [-0.05, 0) is 48.0 Å². The highest BCUT2D eigenvalue weighted by molar-refractivity contribution is 7.99. The normalized spacial score (nSPS) is 16.0. The molecule has 1 aromatic heterocycles. The Labute approximate surface area is 127 Å². The van der Waals surface area contributed by atoms with Crippen LogP contribution in [0.15, 0.2) is 24.5 Å². The topological polar surface area (TPSA) is 79.3 Å². The van der Waals surface area contributed by atoms with Gasteiger partial charge in [0, 0.05) is 25.0 Å². The summed E-state index contributed by atoms with van der Waals surface area (Å²) in [6.45, 7) is 0.689. The Bertz CT molecular complexity index is 539.